The van der Waals surface area contributed by atoms with Crippen LogP contribution in [0.25, 0.3) is 0 Å². The van der Waals surface area contributed by atoms with Crippen LogP contribution in [-0.4, -0.2) is 45.2 Å². The number of nitrogens with one attached hydrogen (secondary N) is 1. The standard InChI is InChI=1S/C15H20N2O7/c1-8-6-17(15(22)16-14(8)21)12-5-10(11(7-18)23-12)24-13(20)4-3-9(2)19/h6,10-12,18H,3-5,7H2,1-2H3,(H,16,21,22)/t10-,11+,12+/m1/s1. The molecule has 1 fully saturated rings. The zero-order chi connectivity index (χ0) is 17.9. The van der Waals surface area contributed by atoms with Crippen LogP contribution in [0.5, 0.6) is 0 Å². The van der Waals surface area contributed by atoms with Crippen molar-refractivity contribution in [3.05, 3.63) is 32.6 Å². The molecule has 0 saturated carbocycles. The summed E-state index contributed by atoms with van der Waals surface area (Å²) < 4.78 is 12.0. The number of hydrogen-bond acceptors (Lipinski definition) is 7. The maximum atomic E-state index is 11.9. The fourth-order valence-corrected chi connectivity index (χ4v) is 2.47. The number of ether oxygens (including phenoxy) is 2. The molecule has 0 bridgehead atoms. The van der Waals surface area contributed by atoms with Crippen molar-refractivity contribution in [2.75, 3.05) is 6.61 Å². The highest BCUT2D eigenvalue weighted by molar-refractivity contribution is 5.81. The minimum absolute atomic E-state index is 0.0492. The first kappa shape index (κ1) is 18.1. The first-order chi connectivity index (χ1) is 11.3. The van der Waals surface area contributed by atoms with Gasteiger partial charge in [-0.15, -0.1) is 0 Å². The molecule has 1 aliphatic heterocycles. The molecule has 9 heteroatoms. The molecule has 2 rings (SSSR count). The molecule has 1 aromatic rings. The Morgan fingerprint density at radius 3 is 2.75 bits per heavy atom. The van der Waals surface area contributed by atoms with E-state index in [0.717, 1.165) is 0 Å². The van der Waals surface area contributed by atoms with E-state index < -0.39 is 42.3 Å². The molecule has 0 unspecified atom stereocenters. The number of Topliss-reactive ketones (excluding diaryl/α,β-unsaturated/α-hetero) is 1. The summed E-state index contributed by atoms with van der Waals surface area (Å²) in [6.45, 7) is 2.54. The van der Waals surface area contributed by atoms with Crippen molar-refractivity contribution < 1.29 is 24.2 Å². The van der Waals surface area contributed by atoms with Crippen LogP contribution in [0.1, 0.15) is 38.0 Å². The maximum absolute atomic E-state index is 11.9. The van der Waals surface area contributed by atoms with Gasteiger partial charge in [0.25, 0.3) is 5.56 Å². The third-order valence-corrected chi connectivity index (χ3v) is 3.78. The van der Waals surface area contributed by atoms with E-state index in [4.69, 9.17) is 9.47 Å². The van der Waals surface area contributed by atoms with Crippen LogP contribution < -0.4 is 11.2 Å². The normalized spacial score (nSPS) is 23.2. The van der Waals surface area contributed by atoms with Crippen molar-refractivity contribution in [3.8, 4) is 0 Å². The third kappa shape index (κ3) is 4.18. The van der Waals surface area contributed by atoms with Crippen LogP contribution in [0.15, 0.2) is 15.8 Å². The summed E-state index contributed by atoms with van der Waals surface area (Å²) in [6.07, 6.45) is -0.738. The van der Waals surface area contributed by atoms with Crippen LogP contribution >= 0.6 is 0 Å². The molecule has 0 aliphatic carbocycles. The van der Waals surface area contributed by atoms with Gasteiger partial charge in [-0.25, -0.2) is 4.79 Å². The molecular weight excluding hydrogens is 320 g/mol. The topological polar surface area (TPSA) is 128 Å². The lowest BCUT2D eigenvalue weighted by atomic mass is 10.1. The van der Waals surface area contributed by atoms with E-state index in [1.807, 2.05) is 0 Å². The van der Waals surface area contributed by atoms with Crippen molar-refractivity contribution in [2.45, 2.75) is 51.5 Å². The third-order valence-electron chi connectivity index (χ3n) is 3.78. The Morgan fingerprint density at radius 1 is 1.42 bits per heavy atom. The molecule has 0 aromatic carbocycles. The Kier molecular flexibility index (Phi) is 5.68. The molecule has 0 radical (unpaired) electrons. The van der Waals surface area contributed by atoms with Gasteiger partial charge in [0.15, 0.2) is 0 Å². The van der Waals surface area contributed by atoms with Crippen molar-refractivity contribution in [3.63, 3.8) is 0 Å². The van der Waals surface area contributed by atoms with Gasteiger partial charge >= 0.3 is 11.7 Å². The Balaban J connectivity index is 2.10. The number of aryl methyl sites for hydroxylation is 1. The largest absolute Gasteiger partial charge is 0.459 e. The molecule has 132 valence electrons. The lowest BCUT2D eigenvalue weighted by Gasteiger charge is -2.16. The van der Waals surface area contributed by atoms with Gasteiger partial charge in [-0.2, -0.15) is 0 Å². The molecule has 0 amide bonds. The molecule has 24 heavy (non-hydrogen) atoms. The van der Waals surface area contributed by atoms with E-state index in [1.54, 1.807) is 6.92 Å². The molecule has 1 aromatic heterocycles. The summed E-state index contributed by atoms with van der Waals surface area (Å²) in [5.74, 6) is -0.690. The van der Waals surface area contributed by atoms with Crippen molar-refractivity contribution in [1.82, 2.24) is 9.55 Å². The zero-order valence-corrected chi connectivity index (χ0v) is 13.5. The van der Waals surface area contributed by atoms with Crippen molar-refractivity contribution in [1.29, 1.82) is 0 Å². The van der Waals surface area contributed by atoms with E-state index in [1.165, 1.54) is 17.7 Å². The summed E-state index contributed by atoms with van der Waals surface area (Å²) in [6, 6.07) is 0. The van der Waals surface area contributed by atoms with Crippen LogP contribution in [0.2, 0.25) is 0 Å². The quantitative estimate of drug-likeness (QED) is 0.662. The van der Waals surface area contributed by atoms with Gasteiger partial charge in [-0.1, -0.05) is 0 Å². The number of esters is 1. The number of H-pyrrole nitrogens is 1. The van der Waals surface area contributed by atoms with E-state index in [9.17, 15) is 24.3 Å². The smallest absolute Gasteiger partial charge is 0.330 e. The number of aliphatic hydroxyl groups excluding tert-OH is 1. The molecule has 2 heterocycles. The van der Waals surface area contributed by atoms with Gasteiger partial charge in [0.2, 0.25) is 0 Å². The van der Waals surface area contributed by atoms with Crippen LogP contribution in [0.4, 0.5) is 0 Å². The molecular formula is C15H20N2O7. The SMILES string of the molecule is CC(=O)CCC(=O)O[C@@H]1C[C@@H](n2cc(C)c(=O)[nH]c2=O)O[C@H]1CO. The average Bonchev–Trinajstić information content (AvgIpc) is 2.91. The van der Waals surface area contributed by atoms with Crippen LogP contribution in [-0.2, 0) is 19.1 Å². The summed E-state index contributed by atoms with van der Waals surface area (Å²) in [7, 11) is 0. The molecule has 9 nitrogen and oxygen atoms in total. The summed E-state index contributed by atoms with van der Waals surface area (Å²) in [5, 5.41) is 9.38. The number of aromatic amines is 1. The fourth-order valence-electron chi connectivity index (χ4n) is 2.47. The van der Waals surface area contributed by atoms with Crippen LogP contribution in [0.3, 0.4) is 0 Å². The lowest BCUT2D eigenvalue weighted by Crippen LogP contribution is -2.33. The average molecular weight is 340 g/mol. The molecule has 1 saturated heterocycles. The molecule has 1 aliphatic rings. The second-order valence-electron chi connectivity index (χ2n) is 5.76. The summed E-state index contributed by atoms with van der Waals surface area (Å²) >= 11 is 0. The van der Waals surface area contributed by atoms with Crippen LogP contribution in [0, 0.1) is 6.92 Å². The Bertz CT molecular complexity index is 736. The molecule has 0 spiro atoms. The zero-order valence-electron chi connectivity index (χ0n) is 13.5. The highest BCUT2D eigenvalue weighted by atomic mass is 16.6. The number of nitrogens with zero attached hydrogens (tertiary/aromatic N) is 1. The highest BCUT2D eigenvalue weighted by Gasteiger charge is 2.39. The van der Waals surface area contributed by atoms with E-state index in [2.05, 4.69) is 4.98 Å². The second-order valence-corrected chi connectivity index (χ2v) is 5.76. The Labute approximate surface area is 137 Å². The van der Waals surface area contributed by atoms with Crippen molar-refractivity contribution >= 4 is 11.8 Å². The minimum Gasteiger partial charge on any atom is -0.459 e. The van der Waals surface area contributed by atoms with Gasteiger partial charge in [0.1, 0.15) is 24.2 Å². The summed E-state index contributed by atoms with van der Waals surface area (Å²) in [4.78, 5) is 48.1. The van der Waals surface area contributed by atoms with Gasteiger partial charge in [-0.05, 0) is 13.8 Å². The van der Waals surface area contributed by atoms with Gasteiger partial charge in [0, 0.05) is 24.6 Å². The van der Waals surface area contributed by atoms with Gasteiger partial charge < -0.3 is 19.4 Å². The van der Waals surface area contributed by atoms with Gasteiger partial charge in [-0.3, -0.25) is 19.1 Å². The summed E-state index contributed by atoms with van der Waals surface area (Å²) in [5.41, 5.74) is -0.795. The number of carbonyl (C=O) groups excluding carboxylic acids is 2. The number of aliphatic hydroxyl groups is 1. The van der Waals surface area contributed by atoms with Crippen molar-refractivity contribution in [2.24, 2.45) is 0 Å². The number of ketones is 1. The first-order valence-electron chi connectivity index (χ1n) is 7.59. The number of aromatic nitrogens is 2. The predicted molar refractivity (Wildman–Crippen MR) is 81.5 cm³/mol. The van der Waals surface area contributed by atoms with E-state index in [-0.39, 0.29) is 25.0 Å². The van der Waals surface area contributed by atoms with E-state index >= 15 is 0 Å². The lowest BCUT2D eigenvalue weighted by molar-refractivity contribution is -0.153. The second kappa shape index (κ2) is 7.54. The molecule has 2 N–H and O–H groups in total. The fraction of sp³-hybridized carbons (Fsp3) is 0.600. The maximum Gasteiger partial charge on any atom is 0.330 e. The predicted octanol–water partition coefficient (Wildman–Crippen LogP) is -0.594. The minimum atomic E-state index is -0.782. The molecule has 3 atom stereocenters. The Morgan fingerprint density at radius 2 is 2.12 bits per heavy atom. The van der Waals surface area contributed by atoms with Gasteiger partial charge in [0.05, 0.1) is 13.0 Å². The number of hydrogen-bond donors (Lipinski definition) is 2. The number of rotatable bonds is 6. The highest BCUT2D eigenvalue weighted by Crippen LogP contribution is 2.30. The monoisotopic (exact) mass is 340 g/mol. The first-order valence-corrected chi connectivity index (χ1v) is 7.59. The number of carbonyl (C=O) groups is 2. The van der Waals surface area contributed by atoms with E-state index in [0.29, 0.717) is 5.56 Å². The Hall–Kier alpha value is -2.26.